The molecule has 1 saturated heterocycles. The molecule has 184 valence electrons. The fraction of sp³-hybridized carbons (Fsp3) is 0.280. The summed E-state index contributed by atoms with van der Waals surface area (Å²) < 4.78 is 32.3. The molecule has 2 heterocycles. The predicted molar refractivity (Wildman–Crippen MR) is 150 cm³/mol. The lowest BCUT2D eigenvalue weighted by molar-refractivity contribution is -0.122. The molecule has 0 unspecified atom stereocenters. The van der Waals surface area contributed by atoms with Crippen molar-refractivity contribution in [1.82, 2.24) is 4.90 Å². The second-order valence-electron chi connectivity index (χ2n) is 8.05. The molecule has 0 radical (unpaired) electrons. The molecule has 2 aromatic rings. The number of hydrogen-bond acceptors (Lipinski definition) is 7. The van der Waals surface area contributed by atoms with E-state index in [0.29, 0.717) is 35.2 Å². The van der Waals surface area contributed by atoms with E-state index in [0.717, 1.165) is 32.0 Å². The average molecular weight is 547 g/mol. The van der Waals surface area contributed by atoms with Gasteiger partial charge >= 0.3 is 0 Å². The Balaban J connectivity index is 1.64. The number of amides is 1. The fourth-order valence-electron chi connectivity index (χ4n) is 4.01. The third-order valence-electron chi connectivity index (χ3n) is 5.76. The van der Waals surface area contributed by atoms with Gasteiger partial charge in [-0.2, -0.15) is 8.42 Å². The minimum atomic E-state index is -4.02. The number of allylic oxidation sites excluding steroid dienone is 4. The molecule has 35 heavy (non-hydrogen) atoms. The largest absolute Gasteiger partial charge is 0.335 e. The van der Waals surface area contributed by atoms with E-state index in [4.69, 9.17) is 12.2 Å². The van der Waals surface area contributed by atoms with Gasteiger partial charge < -0.3 is 4.90 Å². The van der Waals surface area contributed by atoms with Gasteiger partial charge in [0.2, 0.25) is 0 Å². The first-order valence-corrected chi connectivity index (χ1v) is 15.0. The van der Waals surface area contributed by atoms with E-state index in [1.54, 1.807) is 16.7 Å². The maximum absolute atomic E-state index is 12.7. The molecule has 1 amide bonds. The van der Waals surface area contributed by atoms with Gasteiger partial charge in [-0.15, -0.1) is 0 Å². The summed E-state index contributed by atoms with van der Waals surface area (Å²) in [5.74, 6) is -0.336. The van der Waals surface area contributed by atoms with Gasteiger partial charge in [0, 0.05) is 18.0 Å². The molecule has 0 spiro atoms. The third kappa shape index (κ3) is 5.83. The molecule has 0 aliphatic carbocycles. The van der Waals surface area contributed by atoms with Crippen LogP contribution in [0.5, 0.6) is 0 Å². The maximum atomic E-state index is 12.7. The van der Waals surface area contributed by atoms with Crippen LogP contribution < -0.4 is 4.90 Å². The standard InChI is InChI=1S/C25H26N2O4S4/c1-3-17(23-24(28)26(4-2)25(32)34-23)11-7-12-22-27(13-8-14-35(29,30)31)20-15-18-9-5-6-10-19(18)16-21(20)33-22/h5-7,9-12,15-16H,3-4,8,13-14H2,1-2H3,(H,29,30,31). The van der Waals surface area contributed by atoms with Crippen LogP contribution in [0.1, 0.15) is 26.7 Å². The Kier molecular flexibility index (Phi) is 8.07. The Bertz CT molecular complexity index is 1380. The highest BCUT2D eigenvalue weighted by molar-refractivity contribution is 8.26. The van der Waals surface area contributed by atoms with Crippen molar-refractivity contribution < 1.29 is 17.8 Å². The van der Waals surface area contributed by atoms with E-state index in [9.17, 15) is 17.8 Å². The average Bonchev–Trinajstić information content (AvgIpc) is 3.29. The minimum Gasteiger partial charge on any atom is -0.335 e. The molecule has 2 aliphatic rings. The van der Waals surface area contributed by atoms with Gasteiger partial charge in [0.25, 0.3) is 16.0 Å². The third-order valence-corrected chi connectivity index (χ3v) is 9.18. The number of carbonyl (C=O) groups is 1. The van der Waals surface area contributed by atoms with Gasteiger partial charge in [-0.05, 0) is 54.3 Å². The summed E-state index contributed by atoms with van der Waals surface area (Å²) in [7, 11) is -4.02. The Morgan fingerprint density at radius 3 is 2.46 bits per heavy atom. The molecule has 2 aliphatic heterocycles. The Hall–Kier alpha value is -2.11. The zero-order valence-corrected chi connectivity index (χ0v) is 22.7. The van der Waals surface area contributed by atoms with Crippen molar-refractivity contribution in [2.75, 3.05) is 23.7 Å². The summed E-state index contributed by atoms with van der Waals surface area (Å²) in [6, 6.07) is 12.4. The smallest absolute Gasteiger partial charge is 0.266 e. The summed E-state index contributed by atoms with van der Waals surface area (Å²) >= 11 is 8.31. The van der Waals surface area contributed by atoms with Crippen LogP contribution >= 0.6 is 35.7 Å². The van der Waals surface area contributed by atoms with E-state index in [1.165, 1.54) is 11.8 Å². The van der Waals surface area contributed by atoms with Gasteiger partial charge in [-0.1, -0.05) is 79.1 Å². The van der Waals surface area contributed by atoms with Crippen molar-refractivity contribution in [3.8, 4) is 0 Å². The van der Waals surface area contributed by atoms with Crippen molar-refractivity contribution >= 4 is 72.5 Å². The highest BCUT2D eigenvalue weighted by atomic mass is 32.2. The van der Waals surface area contributed by atoms with Crippen molar-refractivity contribution in [1.29, 1.82) is 0 Å². The number of thioether (sulfide) groups is 2. The SMILES string of the molecule is CCC(C=CC=C1Sc2cc3ccccc3cc2N1CCCS(=O)(=O)O)=C1SC(=S)N(CC)C1=O. The summed E-state index contributed by atoms with van der Waals surface area (Å²) in [4.78, 5) is 18.2. The lowest BCUT2D eigenvalue weighted by atomic mass is 10.1. The van der Waals surface area contributed by atoms with Gasteiger partial charge in [0.05, 0.1) is 21.4 Å². The molecule has 0 saturated carbocycles. The van der Waals surface area contributed by atoms with Crippen molar-refractivity contribution in [2.45, 2.75) is 31.6 Å². The number of likely N-dealkylation sites (N-methyl/N-ethyl adjacent to an activating group) is 1. The van der Waals surface area contributed by atoms with E-state index < -0.39 is 10.1 Å². The maximum Gasteiger partial charge on any atom is 0.266 e. The zero-order chi connectivity index (χ0) is 25.2. The first-order chi connectivity index (χ1) is 16.7. The first-order valence-electron chi connectivity index (χ1n) is 11.3. The molecule has 10 heteroatoms. The van der Waals surface area contributed by atoms with Crippen molar-refractivity contribution in [2.24, 2.45) is 0 Å². The second-order valence-corrected chi connectivity index (χ2v) is 12.3. The molecular weight excluding hydrogens is 521 g/mol. The Labute approximate surface area is 219 Å². The van der Waals surface area contributed by atoms with E-state index in [1.807, 2.05) is 44.2 Å². The van der Waals surface area contributed by atoms with Gasteiger partial charge in [-0.25, -0.2) is 0 Å². The van der Waals surface area contributed by atoms with E-state index >= 15 is 0 Å². The van der Waals surface area contributed by atoms with Crippen LogP contribution in [0.2, 0.25) is 0 Å². The zero-order valence-electron chi connectivity index (χ0n) is 19.4. The number of benzene rings is 2. The van der Waals surface area contributed by atoms with Crippen LogP contribution in [0, 0.1) is 0 Å². The summed E-state index contributed by atoms with van der Waals surface area (Å²) in [5, 5.41) is 3.20. The summed E-state index contributed by atoms with van der Waals surface area (Å²) in [5.41, 5.74) is 1.95. The van der Waals surface area contributed by atoms with Crippen molar-refractivity contribution in [3.05, 3.63) is 70.1 Å². The van der Waals surface area contributed by atoms with Crippen molar-refractivity contribution in [3.63, 3.8) is 0 Å². The minimum absolute atomic E-state index is 0.0437. The van der Waals surface area contributed by atoms with E-state index in [-0.39, 0.29) is 11.7 Å². The van der Waals surface area contributed by atoms with Gasteiger partial charge in [0.1, 0.15) is 4.32 Å². The predicted octanol–water partition coefficient (Wildman–Crippen LogP) is 5.97. The molecular formula is C25H26N2O4S4. The van der Waals surface area contributed by atoms with Crippen LogP contribution in [0.25, 0.3) is 10.8 Å². The molecule has 6 nitrogen and oxygen atoms in total. The molecule has 0 atom stereocenters. The molecule has 0 aromatic heterocycles. The number of carbonyl (C=O) groups excluding carboxylic acids is 1. The first kappa shape index (κ1) is 26.0. The summed E-state index contributed by atoms with van der Waals surface area (Å²) in [6.45, 7) is 4.93. The highest BCUT2D eigenvalue weighted by Crippen LogP contribution is 2.47. The molecule has 0 bridgehead atoms. The Morgan fingerprint density at radius 1 is 1.11 bits per heavy atom. The molecule has 4 rings (SSSR count). The Morgan fingerprint density at radius 2 is 1.83 bits per heavy atom. The molecule has 1 N–H and O–H groups in total. The van der Waals surface area contributed by atoms with E-state index in [2.05, 4.69) is 29.2 Å². The summed E-state index contributed by atoms with van der Waals surface area (Å²) in [6.07, 6.45) is 6.86. The number of anilines is 1. The highest BCUT2D eigenvalue weighted by Gasteiger charge is 2.32. The van der Waals surface area contributed by atoms with Gasteiger partial charge in [-0.3, -0.25) is 14.2 Å². The van der Waals surface area contributed by atoms with Crippen LogP contribution in [-0.4, -0.2) is 46.9 Å². The lowest BCUT2D eigenvalue weighted by Gasteiger charge is -2.20. The molecule has 2 aromatic carbocycles. The topological polar surface area (TPSA) is 77.9 Å². The van der Waals surface area contributed by atoms with Crippen LogP contribution in [-0.2, 0) is 14.9 Å². The van der Waals surface area contributed by atoms with Crippen LogP contribution in [0.4, 0.5) is 5.69 Å². The number of hydrogen-bond donors (Lipinski definition) is 1. The lowest BCUT2D eigenvalue weighted by Crippen LogP contribution is -2.27. The number of nitrogens with zero attached hydrogens (tertiary/aromatic N) is 2. The number of rotatable bonds is 8. The monoisotopic (exact) mass is 546 g/mol. The van der Waals surface area contributed by atoms with Gasteiger partial charge in [0.15, 0.2) is 0 Å². The quantitative estimate of drug-likeness (QED) is 0.246. The second kappa shape index (κ2) is 10.9. The fourth-order valence-corrected chi connectivity index (χ4v) is 7.14. The molecule has 1 fully saturated rings. The number of fused-ring (bicyclic) bond motifs is 2. The number of thiocarbonyl (C=S) groups is 1. The normalized spacial score (nSPS) is 19.0. The van der Waals surface area contributed by atoms with Crippen LogP contribution in [0.3, 0.4) is 0 Å². The van der Waals surface area contributed by atoms with Crippen LogP contribution in [0.15, 0.2) is 75.0 Å².